The van der Waals surface area contributed by atoms with E-state index in [1.807, 2.05) is 61.0 Å². The monoisotopic (exact) mass is 797 g/mol. The number of nitrogens with zero attached hydrogens (tertiary/aromatic N) is 8. The predicted octanol–water partition coefficient (Wildman–Crippen LogP) is 2.86. The van der Waals surface area contributed by atoms with E-state index in [1.54, 1.807) is 46.3 Å². The Hall–Kier alpha value is -7.17. The van der Waals surface area contributed by atoms with Gasteiger partial charge in [-0.3, -0.25) is 29.3 Å². The first-order valence-electron chi connectivity index (χ1n) is 19.4. The van der Waals surface area contributed by atoms with E-state index in [0.717, 1.165) is 22.5 Å². The van der Waals surface area contributed by atoms with Gasteiger partial charge >= 0.3 is 0 Å². The van der Waals surface area contributed by atoms with Crippen molar-refractivity contribution in [3.8, 4) is 17.3 Å². The second-order valence-corrected chi connectivity index (χ2v) is 14.7. The number of carbonyl (C=O) groups is 5. The van der Waals surface area contributed by atoms with Gasteiger partial charge in [0.05, 0.1) is 12.6 Å². The molecule has 5 amide bonds. The molecule has 3 aromatic carbocycles. The SMILES string of the molecule is C[C@@H](NC(=O)c1cccc(NCc2nnc(-c3ccncn3)n2C)c1)c1cccc(OCC(=O)N2CCN(c3ccc4c(c3)CN(C3CCC(=O)NC3=O)C4=O)CC2)c1. The number of nitrogens with one attached hydrogen (secondary N) is 3. The van der Waals surface area contributed by atoms with Crippen LogP contribution in [0.25, 0.3) is 11.5 Å². The number of imide groups is 1. The second-order valence-electron chi connectivity index (χ2n) is 14.7. The van der Waals surface area contributed by atoms with Crippen LogP contribution >= 0.6 is 0 Å². The average molecular weight is 798 g/mol. The second kappa shape index (κ2) is 16.7. The van der Waals surface area contributed by atoms with E-state index in [2.05, 4.69) is 41.0 Å². The van der Waals surface area contributed by atoms with E-state index in [-0.39, 0.29) is 42.7 Å². The minimum atomic E-state index is -0.660. The fourth-order valence-corrected chi connectivity index (χ4v) is 7.56. The van der Waals surface area contributed by atoms with Gasteiger partial charge in [0.2, 0.25) is 11.8 Å². The number of rotatable bonds is 12. The minimum absolute atomic E-state index is 0.128. The number of carbonyl (C=O) groups excluding carboxylic acids is 5. The lowest BCUT2D eigenvalue weighted by atomic mass is 10.0. The molecule has 8 rings (SSSR count). The maximum atomic E-state index is 13.3. The Bertz CT molecular complexity index is 2410. The van der Waals surface area contributed by atoms with Crippen LogP contribution in [0, 0.1) is 0 Å². The zero-order valence-electron chi connectivity index (χ0n) is 32.6. The summed E-state index contributed by atoms with van der Waals surface area (Å²) >= 11 is 0. The first-order chi connectivity index (χ1) is 28.6. The van der Waals surface area contributed by atoms with Crippen LogP contribution in [0.4, 0.5) is 11.4 Å². The van der Waals surface area contributed by atoms with Gasteiger partial charge in [0.25, 0.3) is 17.7 Å². The summed E-state index contributed by atoms with van der Waals surface area (Å²) in [5.74, 6) is 0.517. The van der Waals surface area contributed by atoms with E-state index < -0.39 is 11.9 Å². The van der Waals surface area contributed by atoms with Crippen molar-refractivity contribution in [2.45, 2.75) is 44.9 Å². The number of ether oxygens (including phenoxy) is 1. The molecule has 0 spiro atoms. The lowest BCUT2D eigenvalue weighted by molar-refractivity contribution is -0.137. The zero-order valence-corrected chi connectivity index (χ0v) is 32.6. The standard InChI is InChI=1S/C42H43N11O6/c1-26(46-40(56)28-6-3-7-30(19-28)44-22-36-48-49-39(50(36)2)34-13-14-43-25-45-34)27-5-4-8-32(21-27)59-24-38(55)52-17-15-51(16-18-52)31-9-10-33-29(20-31)23-53(42(33)58)35-11-12-37(54)47-41(35)57/h3-10,13-14,19-21,25-26,35,44H,11-12,15-18,22-24H2,1-2H3,(H,46,56)(H,47,54,57)/t26-,35?/m1/s1. The molecule has 5 aromatic rings. The molecule has 2 saturated heterocycles. The summed E-state index contributed by atoms with van der Waals surface area (Å²) in [4.78, 5) is 77.3. The third kappa shape index (κ3) is 8.44. The Morgan fingerprint density at radius 1 is 0.966 bits per heavy atom. The molecule has 5 heterocycles. The van der Waals surface area contributed by atoms with E-state index in [9.17, 15) is 24.0 Å². The molecule has 1 unspecified atom stereocenters. The van der Waals surface area contributed by atoms with Crippen LogP contribution in [0.5, 0.6) is 5.75 Å². The quantitative estimate of drug-likeness (QED) is 0.157. The van der Waals surface area contributed by atoms with Crippen molar-refractivity contribution in [2.75, 3.05) is 43.0 Å². The third-order valence-corrected chi connectivity index (χ3v) is 10.9. The largest absolute Gasteiger partial charge is 0.484 e. The molecule has 17 nitrogen and oxygen atoms in total. The number of piperazine rings is 1. The number of hydrogen-bond donors (Lipinski definition) is 3. The molecule has 3 N–H and O–H groups in total. The molecule has 3 aliphatic heterocycles. The fourth-order valence-electron chi connectivity index (χ4n) is 7.56. The first-order valence-corrected chi connectivity index (χ1v) is 19.4. The Labute approximate surface area is 339 Å². The summed E-state index contributed by atoms with van der Waals surface area (Å²) in [6.45, 7) is 4.68. The molecule has 0 saturated carbocycles. The highest BCUT2D eigenvalue weighted by Gasteiger charge is 2.39. The van der Waals surface area contributed by atoms with Crippen molar-refractivity contribution in [2.24, 2.45) is 7.05 Å². The third-order valence-electron chi connectivity index (χ3n) is 10.9. The van der Waals surface area contributed by atoms with Crippen molar-refractivity contribution in [3.63, 3.8) is 0 Å². The summed E-state index contributed by atoms with van der Waals surface area (Å²) < 4.78 is 7.79. The first kappa shape index (κ1) is 38.7. The molecule has 17 heteroatoms. The molecule has 0 aliphatic carbocycles. The van der Waals surface area contributed by atoms with Gasteiger partial charge in [-0.1, -0.05) is 18.2 Å². The van der Waals surface area contributed by atoms with E-state index in [4.69, 9.17) is 4.74 Å². The van der Waals surface area contributed by atoms with Gasteiger partial charge in [-0.2, -0.15) is 0 Å². The zero-order chi connectivity index (χ0) is 41.0. The van der Waals surface area contributed by atoms with Crippen molar-refractivity contribution in [1.29, 1.82) is 0 Å². The van der Waals surface area contributed by atoms with E-state index in [1.165, 1.54) is 6.33 Å². The predicted molar refractivity (Wildman–Crippen MR) is 215 cm³/mol. The summed E-state index contributed by atoms with van der Waals surface area (Å²) in [6, 6.07) is 21.0. The Morgan fingerprint density at radius 2 is 1.80 bits per heavy atom. The number of anilines is 2. The molecule has 2 fully saturated rings. The lowest BCUT2D eigenvalue weighted by Crippen LogP contribution is -2.52. The van der Waals surface area contributed by atoms with Gasteiger partial charge in [0.15, 0.2) is 18.3 Å². The highest BCUT2D eigenvalue weighted by atomic mass is 16.5. The van der Waals surface area contributed by atoms with Crippen molar-refractivity contribution < 1.29 is 28.7 Å². The van der Waals surface area contributed by atoms with Crippen molar-refractivity contribution in [3.05, 3.63) is 113 Å². The molecule has 59 heavy (non-hydrogen) atoms. The summed E-state index contributed by atoms with van der Waals surface area (Å²) in [5, 5.41) is 17.3. The summed E-state index contributed by atoms with van der Waals surface area (Å²) in [6.07, 6.45) is 3.64. The molecule has 0 radical (unpaired) electrons. The van der Waals surface area contributed by atoms with Gasteiger partial charge in [-0.05, 0) is 79.1 Å². The van der Waals surface area contributed by atoms with Gasteiger partial charge in [0, 0.05) is 74.9 Å². The van der Waals surface area contributed by atoms with Crippen LogP contribution in [0.15, 0.2) is 85.3 Å². The topological polar surface area (TPSA) is 197 Å². The highest BCUT2D eigenvalue weighted by molar-refractivity contribution is 6.05. The van der Waals surface area contributed by atoms with Gasteiger partial charge < -0.3 is 34.6 Å². The smallest absolute Gasteiger partial charge is 0.260 e. The molecule has 2 atom stereocenters. The van der Waals surface area contributed by atoms with Crippen molar-refractivity contribution >= 4 is 40.9 Å². The van der Waals surface area contributed by atoms with Crippen LogP contribution in [-0.2, 0) is 34.5 Å². The Kier molecular flexibility index (Phi) is 11.0. The number of amides is 5. The number of benzene rings is 3. The van der Waals surface area contributed by atoms with Crippen LogP contribution in [0.3, 0.4) is 0 Å². The Balaban J connectivity index is 0.799. The lowest BCUT2D eigenvalue weighted by Gasteiger charge is -2.36. The van der Waals surface area contributed by atoms with Crippen LogP contribution in [0.1, 0.15) is 63.5 Å². The van der Waals surface area contributed by atoms with Crippen LogP contribution in [-0.4, -0.2) is 103 Å². The Morgan fingerprint density at radius 3 is 2.59 bits per heavy atom. The molecule has 0 bridgehead atoms. The van der Waals surface area contributed by atoms with Crippen molar-refractivity contribution in [1.82, 2.24) is 45.2 Å². The molecule has 302 valence electrons. The van der Waals surface area contributed by atoms with Crippen LogP contribution < -0.4 is 25.6 Å². The molecule has 2 aromatic heterocycles. The maximum Gasteiger partial charge on any atom is 0.260 e. The van der Waals surface area contributed by atoms with Gasteiger partial charge in [0.1, 0.15) is 23.8 Å². The number of fused-ring (bicyclic) bond motifs is 1. The van der Waals surface area contributed by atoms with E-state index in [0.29, 0.717) is 79.9 Å². The molecular weight excluding hydrogens is 755 g/mol. The highest BCUT2D eigenvalue weighted by Crippen LogP contribution is 2.31. The molecule has 3 aliphatic rings. The average Bonchev–Trinajstić information content (AvgIpc) is 3.80. The maximum absolute atomic E-state index is 13.3. The van der Waals surface area contributed by atoms with Gasteiger partial charge in [-0.15, -0.1) is 10.2 Å². The minimum Gasteiger partial charge on any atom is -0.484 e. The number of piperidine rings is 1. The van der Waals surface area contributed by atoms with E-state index >= 15 is 0 Å². The molecular formula is C42H43N11O6. The fraction of sp³-hybridized carbons (Fsp3) is 0.310. The number of hydrogen-bond acceptors (Lipinski definition) is 12. The normalized spacial score (nSPS) is 17.0. The summed E-state index contributed by atoms with van der Waals surface area (Å²) in [5.41, 5.74) is 5.08. The summed E-state index contributed by atoms with van der Waals surface area (Å²) in [7, 11) is 1.87. The van der Waals surface area contributed by atoms with Gasteiger partial charge in [-0.25, -0.2) is 9.97 Å². The number of aromatic nitrogens is 5. The van der Waals surface area contributed by atoms with Crippen LogP contribution in [0.2, 0.25) is 0 Å².